The number of aryl methyl sites for hydroxylation is 1. The topological polar surface area (TPSA) is 67.6 Å². The molecule has 0 saturated carbocycles. The van der Waals surface area contributed by atoms with E-state index in [2.05, 4.69) is 26.0 Å². The maximum absolute atomic E-state index is 13.4. The van der Waals surface area contributed by atoms with Crippen LogP contribution in [0.15, 0.2) is 58.1 Å². The van der Waals surface area contributed by atoms with Crippen molar-refractivity contribution in [3.05, 3.63) is 84.8 Å². The van der Waals surface area contributed by atoms with Crippen molar-refractivity contribution in [2.24, 2.45) is 0 Å². The number of aromatic nitrogens is 3. The van der Waals surface area contributed by atoms with Crippen molar-refractivity contribution in [3.8, 4) is 0 Å². The first-order valence-electron chi connectivity index (χ1n) is 8.57. The molecule has 0 atom stereocenters. The molecule has 0 aliphatic carbocycles. The number of halogens is 1. The summed E-state index contributed by atoms with van der Waals surface area (Å²) in [6, 6.07) is 13.8. The van der Waals surface area contributed by atoms with Crippen LogP contribution in [0.3, 0.4) is 0 Å². The molecule has 0 spiro atoms. The van der Waals surface area contributed by atoms with E-state index in [1.165, 1.54) is 27.7 Å². The number of hydrogen-bond acceptors (Lipinski definition) is 5. The molecule has 1 amide bonds. The van der Waals surface area contributed by atoms with Crippen LogP contribution in [0, 0.1) is 6.92 Å². The van der Waals surface area contributed by atoms with E-state index in [1.807, 2.05) is 49.4 Å². The van der Waals surface area contributed by atoms with Crippen LogP contribution in [0.1, 0.15) is 16.7 Å². The number of anilines is 1. The lowest BCUT2D eigenvalue weighted by atomic mass is 10.1. The molecule has 0 fully saturated rings. The second-order valence-corrected chi connectivity index (χ2v) is 8.50. The lowest BCUT2D eigenvalue weighted by Crippen LogP contribution is -2.32. The Bertz CT molecular complexity index is 1360. The Hall–Kier alpha value is -2.84. The predicted octanol–water partition coefficient (Wildman–Crippen LogP) is 2.69. The molecule has 0 saturated heterocycles. The van der Waals surface area contributed by atoms with E-state index in [4.69, 9.17) is 0 Å². The lowest BCUT2D eigenvalue weighted by molar-refractivity contribution is -0.113. The van der Waals surface area contributed by atoms with Crippen molar-refractivity contribution >= 4 is 49.4 Å². The molecular weight excluding hydrogens is 440 g/mol. The minimum atomic E-state index is -0.316. The number of carbonyl (C=O) groups is 1. The highest BCUT2D eigenvalue weighted by molar-refractivity contribution is 9.10. The fraction of sp³-hybridized carbons (Fsp3) is 0.100. The molecule has 3 heterocycles. The second kappa shape index (κ2) is 6.35. The molecule has 4 aromatic rings. The Labute approximate surface area is 171 Å². The largest absolute Gasteiger partial charge is 0.303 e. The summed E-state index contributed by atoms with van der Waals surface area (Å²) in [5.41, 5.74) is 3.82. The number of amides is 1. The normalized spacial score (nSPS) is 15.5. The molecule has 1 aliphatic heterocycles. The van der Waals surface area contributed by atoms with Crippen molar-refractivity contribution in [2.75, 3.05) is 4.90 Å². The lowest BCUT2D eigenvalue weighted by Gasteiger charge is -2.17. The smallest absolute Gasteiger partial charge is 0.291 e. The second-order valence-electron chi connectivity index (χ2n) is 6.60. The third-order valence-electron chi connectivity index (χ3n) is 4.76. The van der Waals surface area contributed by atoms with Crippen molar-refractivity contribution in [3.63, 3.8) is 0 Å². The van der Waals surface area contributed by atoms with Crippen LogP contribution >= 0.6 is 27.3 Å². The Morgan fingerprint density at radius 3 is 2.64 bits per heavy atom. The van der Waals surface area contributed by atoms with Crippen molar-refractivity contribution in [1.82, 2.24) is 14.6 Å². The van der Waals surface area contributed by atoms with Gasteiger partial charge in [-0.2, -0.15) is 9.61 Å². The summed E-state index contributed by atoms with van der Waals surface area (Å²) in [6.07, 6.45) is 1.34. The fourth-order valence-corrected chi connectivity index (χ4v) is 4.72. The molecule has 8 heteroatoms. The molecule has 138 valence electrons. The molecule has 0 N–H and O–H groups in total. The molecule has 1 aliphatic rings. The van der Waals surface area contributed by atoms with E-state index in [0.717, 1.165) is 21.3 Å². The molecule has 5 rings (SSSR count). The van der Waals surface area contributed by atoms with Gasteiger partial charge >= 0.3 is 0 Å². The van der Waals surface area contributed by atoms with Crippen molar-refractivity contribution in [2.45, 2.75) is 13.5 Å². The van der Waals surface area contributed by atoms with Gasteiger partial charge in [0.25, 0.3) is 11.5 Å². The average molecular weight is 453 g/mol. The van der Waals surface area contributed by atoms with Crippen LogP contribution in [0.2, 0.25) is 0 Å². The molecule has 0 unspecified atom stereocenters. The van der Waals surface area contributed by atoms with Crippen molar-refractivity contribution < 1.29 is 4.79 Å². The van der Waals surface area contributed by atoms with E-state index in [0.29, 0.717) is 21.6 Å². The highest BCUT2D eigenvalue weighted by atomic mass is 79.9. The Morgan fingerprint density at radius 1 is 1.11 bits per heavy atom. The fourth-order valence-electron chi connectivity index (χ4n) is 3.38. The maximum Gasteiger partial charge on any atom is 0.291 e. The van der Waals surface area contributed by atoms with Gasteiger partial charge in [0.2, 0.25) is 4.96 Å². The maximum atomic E-state index is 13.4. The van der Waals surface area contributed by atoms with Crippen LogP contribution in [0.4, 0.5) is 5.69 Å². The van der Waals surface area contributed by atoms with Gasteiger partial charge in [-0.3, -0.25) is 9.59 Å². The summed E-state index contributed by atoms with van der Waals surface area (Å²) in [5, 5.41) is 3.96. The Balaban J connectivity index is 1.73. The number of hydrogen-bond donors (Lipinski definition) is 0. The summed E-state index contributed by atoms with van der Waals surface area (Å²) >= 11 is 4.67. The van der Waals surface area contributed by atoms with Gasteiger partial charge in [-0.05, 0) is 30.7 Å². The zero-order valence-electron chi connectivity index (χ0n) is 14.7. The SMILES string of the molecule is Cc1ccc(CN2C(=O)/C(=c3\sc4ncnn4c3=O)c3cc(Br)ccc32)cc1. The molecule has 6 nitrogen and oxygen atoms in total. The van der Waals surface area contributed by atoms with Gasteiger partial charge in [0.1, 0.15) is 10.9 Å². The molecule has 0 radical (unpaired) electrons. The van der Waals surface area contributed by atoms with Gasteiger partial charge in [0, 0.05) is 10.0 Å². The van der Waals surface area contributed by atoms with E-state index in [-0.39, 0.29) is 11.5 Å². The number of nitrogens with zero attached hydrogens (tertiary/aromatic N) is 4. The summed E-state index contributed by atoms with van der Waals surface area (Å²) < 4.78 is 2.45. The summed E-state index contributed by atoms with van der Waals surface area (Å²) in [7, 11) is 0. The van der Waals surface area contributed by atoms with Crippen LogP contribution in [0.5, 0.6) is 0 Å². The summed E-state index contributed by atoms with van der Waals surface area (Å²) in [6.45, 7) is 2.46. The van der Waals surface area contributed by atoms with Gasteiger partial charge in [-0.1, -0.05) is 57.1 Å². The van der Waals surface area contributed by atoms with Crippen LogP contribution < -0.4 is 15.0 Å². The monoisotopic (exact) mass is 452 g/mol. The highest BCUT2D eigenvalue weighted by Crippen LogP contribution is 2.38. The molecule has 28 heavy (non-hydrogen) atoms. The highest BCUT2D eigenvalue weighted by Gasteiger charge is 2.34. The van der Waals surface area contributed by atoms with Gasteiger partial charge in [0.15, 0.2) is 0 Å². The predicted molar refractivity (Wildman–Crippen MR) is 111 cm³/mol. The van der Waals surface area contributed by atoms with Crippen molar-refractivity contribution in [1.29, 1.82) is 0 Å². The number of rotatable bonds is 2. The molecule has 2 aromatic carbocycles. The molecule has 2 aromatic heterocycles. The van der Waals surface area contributed by atoms with Crippen LogP contribution in [-0.4, -0.2) is 20.5 Å². The first kappa shape index (κ1) is 17.3. The third kappa shape index (κ3) is 2.60. The Kier molecular flexibility index (Phi) is 3.92. The van der Waals surface area contributed by atoms with Crippen LogP contribution in [0.25, 0.3) is 10.5 Å². The zero-order chi connectivity index (χ0) is 19.4. The first-order valence-corrected chi connectivity index (χ1v) is 10.2. The minimum Gasteiger partial charge on any atom is -0.303 e. The number of thiazole rings is 1. The number of fused-ring (bicyclic) bond motifs is 2. The third-order valence-corrected chi connectivity index (χ3v) is 6.30. The minimum absolute atomic E-state index is 0.185. The summed E-state index contributed by atoms with van der Waals surface area (Å²) in [5.74, 6) is -0.185. The van der Waals surface area contributed by atoms with E-state index >= 15 is 0 Å². The molecular formula is C20H13BrN4O2S. The number of benzene rings is 2. The van der Waals surface area contributed by atoms with Gasteiger partial charge in [0.05, 0.1) is 17.8 Å². The van der Waals surface area contributed by atoms with Gasteiger partial charge in [-0.25, -0.2) is 4.98 Å². The number of carbonyl (C=O) groups excluding carboxylic acids is 1. The van der Waals surface area contributed by atoms with E-state index in [1.54, 1.807) is 4.90 Å². The van der Waals surface area contributed by atoms with Gasteiger partial charge in [-0.15, -0.1) is 0 Å². The average Bonchev–Trinajstić information content (AvgIpc) is 3.32. The zero-order valence-corrected chi connectivity index (χ0v) is 17.1. The Morgan fingerprint density at radius 2 is 1.89 bits per heavy atom. The van der Waals surface area contributed by atoms with E-state index < -0.39 is 0 Å². The van der Waals surface area contributed by atoms with Gasteiger partial charge < -0.3 is 4.90 Å². The standard InChI is InChI=1S/C20H13BrN4O2S/c1-11-2-4-12(5-3-11)9-24-15-7-6-13(21)8-14(15)16(18(24)26)17-19(27)25-20(28-17)22-10-23-25/h2-8,10H,9H2,1H3/b17-16-. The first-order chi connectivity index (χ1) is 13.5. The van der Waals surface area contributed by atoms with Crippen LogP contribution in [-0.2, 0) is 11.3 Å². The summed E-state index contributed by atoms with van der Waals surface area (Å²) in [4.78, 5) is 32.5. The quantitative estimate of drug-likeness (QED) is 0.468. The van der Waals surface area contributed by atoms with E-state index in [9.17, 15) is 9.59 Å². The molecule has 0 bridgehead atoms.